The molecule has 0 unspecified atom stereocenters. The molecule has 0 aliphatic carbocycles. The van der Waals surface area contributed by atoms with Gasteiger partial charge in [-0.05, 0) is 6.92 Å². The Bertz CT molecular complexity index is 580. The van der Waals surface area contributed by atoms with E-state index in [0.29, 0.717) is 12.2 Å². The molecule has 0 fully saturated rings. The fourth-order valence-corrected chi connectivity index (χ4v) is 2.00. The van der Waals surface area contributed by atoms with Crippen LogP contribution in [-0.2, 0) is 13.6 Å². The Morgan fingerprint density at radius 3 is 3.00 bits per heavy atom. The number of nitrogens with one attached hydrogen (secondary N) is 1. The Morgan fingerprint density at radius 1 is 1.50 bits per heavy atom. The molecular formula is C10H11N5O. The molecule has 3 heterocycles. The average molecular weight is 217 g/mol. The summed E-state index contributed by atoms with van der Waals surface area (Å²) in [5.41, 5.74) is 2.49. The van der Waals surface area contributed by atoms with Crippen molar-refractivity contribution in [1.29, 1.82) is 0 Å². The van der Waals surface area contributed by atoms with E-state index >= 15 is 0 Å². The van der Waals surface area contributed by atoms with Crippen molar-refractivity contribution in [2.24, 2.45) is 7.05 Å². The summed E-state index contributed by atoms with van der Waals surface area (Å²) in [6.07, 6.45) is 1.69. The van der Waals surface area contributed by atoms with Gasteiger partial charge in [0.1, 0.15) is 5.69 Å². The monoisotopic (exact) mass is 217 g/mol. The first-order chi connectivity index (χ1) is 7.68. The molecule has 0 bridgehead atoms. The van der Waals surface area contributed by atoms with Crippen molar-refractivity contribution < 1.29 is 4.79 Å². The Morgan fingerprint density at radius 2 is 2.31 bits per heavy atom. The number of hydrogen-bond acceptors (Lipinski definition) is 3. The molecular weight excluding hydrogens is 206 g/mol. The van der Waals surface area contributed by atoms with Gasteiger partial charge in [0.15, 0.2) is 5.82 Å². The Labute approximate surface area is 91.9 Å². The number of amides is 1. The van der Waals surface area contributed by atoms with Crippen LogP contribution in [-0.4, -0.2) is 25.5 Å². The first-order valence-corrected chi connectivity index (χ1v) is 5.03. The van der Waals surface area contributed by atoms with Gasteiger partial charge in [-0.15, -0.1) is 0 Å². The number of carbonyl (C=O) groups is 1. The topological polar surface area (TPSA) is 64.7 Å². The number of aromatic nitrogens is 4. The van der Waals surface area contributed by atoms with Crippen molar-refractivity contribution in [2.45, 2.75) is 13.5 Å². The summed E-state index contributed by atoms with van der Waals surface area (Å²) in [5.74, 6) is 0.721. The summed E-state index contributed by atoms with van der Waals surface area (Å²) in [6, 6.07) is 1.83. The van der Waals surface area contributed by atoms with Gasteiger partial charge < -0.3 is 5.32 Å². The minimum Gasteiger partial charge on any atom is -0.346 e. The van der Waals surface area contributed by atoms with Gasteiger partial charge in [-0.3, -0.25) is 9.48 Å². The summed E-state index contributed by atoms with van der Waals surface area (Å²) < 4.78 is 3.35. The van der Waals surface area contributed by atoms with Crippen LogP contribution in [0.1, 0.15) is 21.7 Å². The van der Waals surface area contributed by atoms with Crippen LogP contribution in [0, 0.1) is 6.92 Å². The van der Waals surface area contributed by atoms with Crippen molar-refractivity contribution in [3.05, 3.63) is 29.2 Å². The molecule has 2 aromatic rings. The van der Waals surface area contributed by atoms with Crippen LogP contribution < -0.4 is 5.32 Å². The molecule has 0 saturated heterocycles. The molecule has 82 valence electrons. The summed E-state index contributed by atoms with van der Waals surface area (Å²) in [7, 11) is 1.82. The van der Waals surface area contributed by atoms with E-state index in [4.69, 9.17) is 0 Å². The predicted molar refractivity (Wildman–Crippen MR) is 56.2 cm³/mol. The van der Waals surface area contributed by atoms with Crippen molar-refractivity contribution in [1.82, 2.24) is 24.9 Å². The van der Waals surface area contributed by atoms with Crippen LogP contribution in [0.4, 0.5) is 0 Å². The third-order valence-corrected chi connectivity index (χ3v) is 2.84. The van der Waals surface area contributed by atoms with E-state index in [2.05, 4.69) is 15.5 Å². The van der Waals surface area contributed by atoms with Gasteiger partial charge in [0, 0.05) is 25.2 Å². The van der Waals surface area contributed by atoms with Crippen LogP contribution in [0.25, 0.3) is 5.82 Å². The third kappa shape index (κ3) is 1.04. The highest BCUT2D eigenvalue weighted by atomic mass is 16.2. The van der Waals surface area contributed by atoms with Gasteiger partial charge >= 0.3 is 0 Å². The van der Waals surface area contributed by atoms with Gasteiger partial charge in [0.05, 0.1) is 11.9 Å². The molecule has 0 radical (unpaired) electrons. The van der Waals surface area contributed by atoms with Crippen LogP contribution in [0.3, 0.4) is 0 Å². The zero-order valence-electron chi connectivity index (χ0n) is 9.06. The number of rotatable bonds is 1. The lowest BCUT2D eigenvalue weighted by molar-refractivity contribution is 0.0958. The highest BCUT2D eigenvalue weighted by molar-refractivity contribution is 5.97. The molecule has 6 heteroatoms. The fourth-order valence-electron chi connectivity index (χ4n) is 2.00. The van der Waals surface area contributed by atoms with E-state index in [1.54, 1.807) is 15.6 Å². The van der Waals surface area contributed by atoms with E-state index in [9.17, 15) is 4.79 Å². The largest absolute Gasteiger partial charge is 0.346 e. The highest BCUT2D eigenvalue weighted by Crippen LogP contribution is 2.21. The lowest BCUT2D eigenvalue weighted by Crippen LogP contribution is -2.18. The van der Waals surface area contributed by atoms with E-state index < -0.39 is 0 Å². The normalized spacial score (nSPS) is 14.0. The molecule has 0 aromatic carbocycles. The summed E-state index contributed by atoms with van der Waals surface area (Å²) >= 11 is 0. The number of carbonyl (C=O) groups excluding carboxylic acids is 1. The second-order valence-electron chi connectivity index (χ2n) is 3.82. The second kappa shape index (κ2) is 2.94. The molecule has 2 aromatic heterocycles. The lowest BCUT2D eigenvalue weighted by Gasteiger charge is -2.04. The van der Waals surface area contributed by atoms with Crippen LogP contribution in [0.15, 0.2) is 12.3 Å². The molecule has 0 spiro atoms. The maximum Gasteiger partial charge on any atom is 0.270 e. The molecule has 16 heavy (non-hydrogen) atoms. The molecule has 6 nitrogen and oxygen atoms in total. The van der Waals surface area contributed by atoms with Gasteiger partial charge in [-0.1, -0.05) is 0 Å². The SMILES string of the molecule is Cc1nn(-c2ccnn2C)c2c1CNC2=O. The van der Waals surface area contributed by atoms with E-state index in [1.165, 1.54) is 0 Å². The molecule has 1 aliphatic rings. The van der Waals surface area contributed by atoms with Crippen molar-refractivity contribution >= 4 is 5.91 Å². The molecule has 0 saturated carbocycles. The number of nitrogens with zero attached hydrogens (tertiary/aromatic N) is 4. The van der Waals surface area contributed by atoms with Gasteiger partial charge in [0.25, 0.3) is 5.91 Å². The third-order valence-electron chi connectivity index (χ3n) is 2.84. The first-order valence-electron chi connectivity index (χ1n) is 5.03. The highest BCUT2D eigenvalue weighted by Gasteiger charge is 2.28. The maximum absolute atomic E-state index is 11.7. The van der Waals surface area contributed by atoms with E-state index in [-0.39, 0.29) is 5.91 Å². The van der Waals surface area contributed by atoms with Crippen LogP contribution in [0.2, 0.25) is 0 Å². The maximum atomic E-state index is 11.7. The number of fused-ring (bicyclic) bond motifs is 1. The predicted octanol–water partition coefficient (Wildman–Crippen LogP) is 0.158. The molecule has 1 amide bonds. The van der Waals surface area contributed by atoms with Crippen molar-refractivity contribution in [2.75, 3.05) is 0 Å². The average Bonchev–Trinajstić information content (AvgIpc) is 2.88. The first kappa shape index (κ1) is 9.14. The summed E-state index contributed by atoms with van der Waals surface area (Å²) in [6.45, 7) is 2.48. The Hall–Kier alpha value is -2.11. The van der Waals surface area contributed by atoms with Crippen molar-refractivity contribution in [3.63, 3.8) is 0 Å². The minimum atomic E-state index is -0.0724. The fraction of sp³-hybridized carbons (Fsp3) is 0.300. The Kier molecular flexibility index (Phi) is 1.68. The summed E-state index contributed by atoms with van der Waals surface area (Å²) in [5, 5.41) is 11.3. The summed E-state index contributed by atoms with van der Waals surface area (Å²) in [4.78, 5) is 11.7. The number of hydrogen-bond donors (Lipinski definition) is 1. The van der Waals surface area contributed by atoms with E-state index in [0.717, 1.165) is 17.1 Å². The molecule has 1 N–H and O–H groups in total. The molecule has 1 aliphatic heterocycles. The second-order valence-corrected chi connectivity index (χ2v) is 3.82. The molecule has 0 atom stereocenters. The lowest BCUT2D eigenvalue weighted by atomic mass is 10.2. The Balaban J connectivity index is 2.27. The molecule has 3 rings (SSSR count). The van der Waals surface area contributed by atoms with Crippen LogP contribution >= 0.6 is 0 Å². The van der Waals surface area contributed by atoms with E-state index in [1.807, 2.05) is 20.0 Å². The quantitative estimate of drug-likeness (QED) is 0.740. The van der Waals surface area contributed by atoms with Gasteiger partial charge in [-0.25, -0.2) is 4.68 Å². The van der Waals surface area contributed by atoms with Crippen molar-refractivity contribution in [3.8, 4) is 5.82 Å². The smallest absolute Gasteiger partial charge is 0.270 e. The zero-order chi connectivity index (χ0) is 11.3. The van der Waals surface area contributed by atoms with Crippen LogP contribution in [0.5, 0.6) is 0 Å². The number of aryl methyl sites for hydroxylation is 2. The van der Waals surface area contributed by atoms with Gasteiger partial charge in [0.2, 0.25) is 0 Å². The van der Waals surface area contributed by atoms with Gasteiger partial charge in [-0.2, -0.15) is 10.2 Å². The standard InChI is InChI=1S/C10H11N5O/c1-6-7-5-11-10(16)9(7)15(13-6)8-3-4-12-14(8)2/h3-4H,5H2,1-2H3,(H,11,16). The zero-order valence-corrected chi connectivity index (χ0v) is 9.06. The minimum absolute atomic E-state index is 0.0724.